The summed E-state index contributed by atoms with van der Waals surface area (Å²) in [6, 6.07) is 7.28. The maximum Gasteiger partial charge on any atom is 0.310 e. The maximum atomic E-state index is 12.0. The molecule has 0 bridgehead atoms. The van der Waals surface area contributed by atoms with E-state index in [2.05, 4.69) is 5.32 Å². The average molecular weight is 291 g/mol. The number of thioether (sulfide) groups is 1. The molecule has 2 rings (SSSR count). The summed E-state index contributed by atoms with van der Waals surface area (Å²) in [5, 5.41) is 11.7. The Morgan fingerprint density at radius 3 is 2.55 bits per heavy atom. The summed E-state index contributed by atoms with van der Waals surface area (Å²) in [5.74, 6) is -0.585. The lowest BCUT2D eigenvalue weighted by Gasteiger charge is -2.12. The Balaban J connectivity index is 1.92. The van der Waals surface area contributed by atoms with E-state index in [1.807, 2.05) is 18.4 Å². The third-order valence-electron chi connectivity index (χ3n) is 3.24. The number of aliphatic carboxylic acids is 1. The van der Waals surface area contributed by atoms with Crippen LogP contribution in [0, 0.1) is 5.92 Å². The number of carboxylic acid groups (broad SMARTS) is 1. The Hall–Kier alpha value is -1.75. The van der Waals surface area contributed by atoms with Crippen molar-refractivity contribution in [2.45, 2.75) is 18.2 Å². The van der Waals surface area contributed by atoms with Crippen molar-refractivity contribution in [1.82, 2.24) is 5.32 Å². The first-order valence-corrected chi connectivity index (χ1v) is 7.79. The number of carbonyl (C=O) groups excluding carboxylic acids is 1. The highest BCUT2D eigenvalue weighted by Gasteiger charge is 2.25. The van der Waals surface area contributed by atoms with E-state index in [0.717, 1.165) is 5.75 Å². The molecule has 2 N–H and O–H groups in total. The van der Waals surface area contributed by atoms with Crippen LogP contribution in [0.5, 0.6) is 0 Å². The molecule has 0 saturated carbocycles. The van der Waals surface area contributed by atoms with Gasteiger partial charge in [0.05, 0.1) is 5.92 Å². The molecule has 0 saturated heterocycles. The molecule has 5 heteroatoms. The zero-order valence-electron chi connectivity index (χ0n) is 11.2. The molecule has 2 unspecified atom stereocenters. The molecule has 20 heavy (non-hydrogen) atoms. The van der Waals surface area contributed by atoms with Gasteiger partial charge in [0.1, 0.15) is 0 Å². The summed E-state index contributed by atoms with van der Waals surface area (Å²) in [6.07, 6.45) is 5.84. The van der Waals surface area contributed by atoms with Gasteiger partial charge in [-0.25, -0.2) is 0 Å². The predicted octanol–water partition coefficient (Wildman–Crippen LogP) is 2.31. The van der Waals surface area contributed by atoms with E-state index < -0.39 is 11.9 Å². The van der Waals surface area contributed by atoms with Gasteiger partial charge in [0.15, 0.2) is 0 Å². The van der Waals surface area contributed by atoms with Crippen molar-refractivity contribution in [2.24, 2.45) is 5.92 Å². The van der Waals surface area contributed by atoms with Gasteiger partial charge in [-0.1, -0.05) is 24.3 Å². The van der Waals surface area contributed by atoms with Crippen molar-refractivity contribution in [3.8, 4) is 0 Å². The van der Waals surface area contributed by atoms with Crippen LogP contribution in [0.4, 0.5) is 0 Å². The van der Waals surface area contributed by atoms with Gasteiger partial charge in [-0.2, -0.15) is 11.8 Å². The number of hydrogen-bond acceptors (Lipinski definition) is 3. The Labute approximate surface area is 122 Å². The average Bonchev–Trinajstić information content (AvgIpc) is 2.88. The Morgan fingerprint density at radius 1 is 1.30 bits per heavy atom. The van der Waals surface area contributed by atoms with E-state index in [1.54, 1.807) is 36.0 Å². The van der Waals surface area contributed by atoms with Crippen LogP contribution in [-0.4, -0.2) is 29.3 Å². The van der Waals surface area contributed by atoms with Gasteiger partial charge < -0.3 is 10.4 Å². The van der Waals surface area contributed by atoms with Crippen LogP contribution in [0.15, 0.2) is 36.4 Å². The minimum absolute atomic E-state index is 0.165. The van der Waals surface area contributed by atoms with Gasteiger partial charge in [0.25, 0.3) is 5.91 Å². The highest BCUT2D eigenvalue weighted by molar-refractivity contribution is 7.97. The van der Waals surface area contributed by atoms with Crippen molar-refractivity contribution in [2.75, 3.05) is 6.26 Å². The van der Waals surface area contributed by atoms with Crippen LogP contribution in [0.2, 0.25) is 0 Å². The molecule has 4 nitrogen and oxygen atoms in total. The molecule has 0 aliphatic heterocycles. The lowest BCUT2D eigenvalue weighted by atomic mass is 10.1. The molecule has 106 valence electrons. The SMILES string of the molecule is CSCc1ccc(C(=O)NC2C=CC(C(=O)O)C2)cc1. The fourth-order valence-electron chi connectivity index (χ4n) is 2.16. The van der Waals surface area contributed by atoms with Gasteiger partial charge in [0.2, 0.25) is 0 Å². The summed E-state index contributed by atoms with van der Waals surface area (Å²) >= 11 is 1.73. The second kappa shape index (κ2) is 6.61. The van der Waals surface area contributed by atoms with Crippen LogP contribution < -0.4 is 5.32 Å². The summed E-state index contributed by atoms with van der Waals surface area (Å²) in [6.45, 7) is 0. The molecule has 0 radical (unpaired) electrons. The van der Waals surface area contributed by atoms with E-state index in [4.69, 9.17) is 5.11 Å². The smallest absolute Gasteiger partial charge is 0.310 e. The first kappa shape index (κ1) is 14.7. The maximum absolute atomic E-state index is 12.0. The van der Waals surface area contributed by atoms with Crippen LogP contribution >= 0.6 is 11.8 Å². The van der Waals surface area contributed by atoms with E-state index >= 15 is 0 Å². The van der Waals surface area contributed by atoms with Crippen molar-refractivity contribution >= 4 is 23.6 Å². The number of rotatable bonds is 5. The molecular formula is C15H17NO3S. The van der Waals surface area contributed by atoms with Crippen molar-refractivity contribution in [1.29, 1.82) is 0 Å². The first-order chi connectivity index (χ1) is 9.60. The highest BCUT2D eigenvalue weighted by Crippen LogP contribution is 2.18. The number of amides is 1. The van der Waals surface area contributed by atoms with Gasteiger partial charge in [-0.15, -0.1) is 0 Å². The number of benzene rings is 1. The van der Waals surface area contributed by atoms with Gasteiger partial charge in [-0.05, 0) is 30.4 Å². The van der Waals surface area contributed by atoms with E-state index in [-0.39, 0.29) is 11.9 Å². The van der Waals surface area contributed by atoms with E-state index in [0.29, 0.717) is 12.0 Å². The first-order valence-electron chi connectivity index (χ1n) is 6.40. The Kier molecular flexibility index (Phi) is 4.84. The quantitative estimate of drug-likeness (QED) is 0.817. The summed E-state index contributed by atoms with van der Waals surface area (Å²) in [5.41, 5.74) is 1.78. The summed E-state index contributed by atoms with van der Waals surface area (Å²) in [4.78, 5) is 22.9. The minimum atomic E-state index is -0.848. The molecule has 1 aliphatic carbocycles. The summed E-state index contributed by atoms with van der Waals surface area (Å²) < 4.78 is 0. The lowest BCUT2D eigenvalue weighted by molar-refractivity contribution is -0.140. The molecule has 0 spiro atoms. The molecule has 0 aromatic heterocycles. The van der Waals surface area contributed by atoms with Gasteiger partial charge in [-0.3, -0.25) is 9.59 Å². The second-order valence-electron chi connectivity index (χ2n) is 4.78. The molecule has 0 fully saturated rings. The minimum Gasteiger partial charge on any atom is -0.481 e. The number of hydrogen-bond donors (Lipinski definition) is 2. The molecule has 1 aromatic rings. The second-order valence-corrected chi connectivity index (χ2v) is 5.64. The van der Waals surface area contributed by atoms with Crippen molar-refractivity contribution in [3.05, 3.63) is 47.5 Å². The number of nitrogens with one attached hydrogen (secondary N) is 1. The third-order valence-corrected chi connectivity index (χ3v) is 3.87. The van der Waals surface area contributed by atoms with Gasteiger partial charge >= 0.3 is 5.97 Å². The number of carbonyl (C=O) groups is 2. The zero-order valence-corrected chi connectivity index (χ0v) is 12.0. The van der Waals surface area contributed by atoms with Crippen LogP contribution in [-0.2, 0) is 10.5 Å². The molecular weight excluding hydrogens is 274 g/mol. The van der Waals surface area contributed by atoms with E-state index in [1.165, 1.54) is 5.56 Å². The van der Waals surface area contributed by atoms with Gasteiger partial charge in [0, 0.05) is 17.4 Å². The standard InChI is InChI=1S/C15H17NO3S/c1-20-9-10-2-4-11(5-3-10)14(17)16-13-7-6-12(8-13)15(18)19/h2-7,12-13H,8-9H2,1H3,(H,16,17)(H,18,19). The van der Waals surface area contributed by atoms with E-state index in [9.17, 15) is 9.59 Å². The Morgan fingerprint density at radius 2 is 2.00 bits per heavy atom. The normalized spacial score (nSPS) is 20.9. The molecule has 2 atom stereocenters. The van der Waals surface area contributed by atoms with Crippen molar-refractivity contribution < 1.29 is 14.7 Å². The number of carboxylic acids is 1. The largest absolute Gasteiger partial charge is 0.481 e. The topological polar surface area (TPSA) is 66.4 Å². The van der Waals surface area contributed by atoms with Crippen LogP contribution in [0.25, 0.3) is 0 Å². The van der Waals surface area contributed by atoms with Crippen LogP contribution in [0.1, 0.15) is 22.3 Å². The van der Waals surface area contributed by atoms with Crippen molar-refractivity contribution in [3.63, 3.8) is 0 Å². The van der Waals surface area contributed by atoms with Crippen LogP contribution in [0.3, 0.4) is 0 Å². The monoisotopic (exact) mass is 291 g/mol. The third kappa shape index (κ3) is 3.63. The fourth-order valence-corrected chi connectivity index (χ4v) is 2.69. The Bertz CT molecular complexity index is 524. The molecule has 1 amide bonds. The predicted molar refractivity (Wildman–Crippen MR) is 79.8 cm³/mol. The molecule has 1 aromatic carbocycles. The zero-order chi connectivity index (χ0) is 14.5. The summed E-state index contributed by atoms with van der Waals surface area (Å²) in [7, 11) is 0. The lowest BCUT2D eigenvalue weighted by Crippen LogP contribution is -2.33. The molecule has 1 aliphatic rings. The highest BCUT2D eigenvalue weighted by atomic mass is 32.2. The molecule has 0 heterocycles. The fraction of sp³-hybridized carbons (Fsp3) is 0.333.